The van der Waals surface area contributed by atoms with Gasteiger partial charge in [0.25, 0.3) is 0 Å². The van der Waals surface area contributed by atoms with Gasteiger partial charge in [0, 0.05) is 11.4 Å². The third kappa shape index (κ3) is 2.59. The third-order valence-corrected chi connectivity index (χ3v) is 2.26. The van der Waals surface area contributed by atoms with E-state index < -0.39 is 0 Å². The lowest BCUT2D eigenvalue weighted by molar-refractivity contribution is 0.141. The smallest absolute Gasteiger partial charge is 0.119 e. The molecule has 13 heavy (non-hydrogen) atoms. The van der Waals surface area contributed by atoms with Crippen molar-refractivity contribution in [2.24, 2.45) is 5.90 Å². The number of phenols is 1. The quantitative estimate of drug-likeness (QED) is 0.734. The van der Waals surface area contributed by atoms with Crippen LogP contribution in [0.4, 0.5) is 0 Å². The number of aryl methyl sites for hydroxylation is 1. The Balaban J connectivity index is 2.88. The number of phenolic OH excluding ortho intramolecular Hbond substituents is 1. The maximum atomic E-state index is 9.49. The summed E-state index contributed by atoms with van der Waals surface area (Å²) in [6.45, 7) is 2.21. The van der Waals surface area contributed by atoms with E-state index in [1.807, 2.05) is 6.92 Å². The van der Waals surface area contributed by atoms with Gasteiger partial charge in [0.2, 0.25) is 0 Å². The van der Waals surface area contributed by atoms with Crippen molar-refractivity contribution in [3.05, 3.63) is 28.3 Å². The Morgan fingerprint density at radius 2 is 2.23 bits per heavy atom. The average molecular weight is 202 g/mol. The zero-order valence-corrected chi connectivity index (χ0v) is 8.14. The number of halogens is 1. The predicted molar refractivity (Wildman–Crippen MR) is 51.7 cm³/mol. The maximum absolute atomic E-state index is 9.49. The van der Waals surface area contributed by atoms with Crippen LogP contribution in [0, 0.1) is 6.92 Å². The van der Waals surface area contributed by atoms with E-state index >= 15 is 0 Å². The second-order valence-corrected chi connectivity index (χ2v) is 3.26. The number of nitrogens with two attached hydrogens (primary N) is 1. The Morgan fingerprint density at radius 3 is 2.85 bits per heavy atom. The highest BCUT2D eigenvalue weighted by Crippen LogP contribution is 2.25. The molecule has 1 aromatic carbocycles. The van der Waals surface area contributed by atoms with Crippen molar-refractivity contribution < 1.29 is 9.94 Å². The first-order valence-corrected chi connectivity index (χ1v) is 4.32. The molecule has 0 saturated heterocycles. The number of benzene rings is 1. The molecule has 0 aliphatic heterocycles. The van der Waals surface area contributed by atoms with Gasteiger partial charge in [0.05, 0.1) is 6.61 Å². The van der Waals surface area contributed by atoms with E-state index in [0.717, 1.165) is 11.1 Å². The molecule has 0 spiro atoms. The van der Waals surface area contributed by atoms with E-state index in [4.69, 9.17) is 17.5 Å². The Labute approximate surface area is 82.0 Å². The molecular weight excluding hydrogens is 190 g/mol. The van der Waals surface area contributed by atoms with Crippen molar-refractivity contribution in [3.8, 4) is 5.75 Å². The van der Waals surface area contributed by atoms with E-state index in [-0.39, 0.29) is 5.75 Å². The molecule has 72 valence electrons. The highest BCUT2D eigenvalue weighted by atomic mass is 35.5. The topological polar surface area (TPSA) is 55.5 Å². The second-order valence-electron chi connectivity index (χ2n) is 2.85. The summed E-state index contributed by atoms with van der Waals surface area (Å²) in [4.78, 5) is 4.42. The average Bonchev–Trinajstić information content (AvgIpc) is 2.09. The number of hydrogen-bond donors (Lipinski definition) is 2. The first-order valence-electron chi connectivity index (χ1n) is 3.95. The second kappa shape index (κ2) is 4.46. The van der Waals surface area contributed by atoms with Crippen molar-refractivity contribution in [1.29, 1.82) is 0 Å². The zero-order chi connectivity index (χ0) is 9.84. The van der Waals surface area contributed by atoms with Crippen LogP contribution in [-0.2, 0) is 11.3 Å². The molecule has 4 heteroatoms. The number of rotatable bonds is 3. The number of hydrogen-bond acceptors (Lipinski definition) is 3. The van der Waals surface area contributed by atoms with Crippen LogP contribution in [-0.4, -0.2) is 11.7 Å². The van der Waals surface area contributed by atoms with E-state index in [1.54, 1.807) is 12.1 Å². The standard InChI is InChI=1S/C9H12ClNO2/c1-6-4-9(12)7(2-3-13-11)5-8(6)10/h4-5,12H,2-3,11H2,1H3. The van der Waals surface area contributed by atoms with E-state index in [1.165, 1.54) is 0 Å². The molecule has 3 nitrogen and oxygen atoms in total. The summed E-state index contributed by atoms with van der Waals surface area (Å²) < 4.78 is 0. The molecule has 1 aromatic rings. The first-order chi connectivity index (χ1) is 6.15. The van der Waals surface area contributed by atoms with E-state index in [0.29, 0.717) is 18.1 Å². The monoisotopic (exact) mass is 201 g/mol. The molecule has 0 amide bonds. The normalized spacial score (nSPS) is 10.4. The Hall–Kier alpha value is -0.770. The van der Waals surface area contributed by atoms with Gasteiger partial charge in [-0.3, -0.25) is 0 Å². The molecule has 3 N–H and O–H groups in total. The molecule has 0 aliphatic carbocycles. The molecule has 0 atom stereocenters. The molecule has 0 bridgehead atoms. The van der Waals surface area contributed by atoms with Crippen LogP contribution < -0.4 is 5.90 Å². The Bertz CT molecular complexity index is 302. The fourth-order valence-electron chi connectivity index (χ4n) is 1.08. The highest BCUT2D eigenvalue weighted by Gasteiger charge is 2.04. The summed E-state index contributed by atoms with van der Waals surface area (Å²) in [5, 5.41) is 10.1. The van der Waals surface area contributed by atoms with Crippen molar-refractivity contribution in [3.63, 3.8) is 0 Å². The largest absolute Gasteiger partial charge is 0.508 e. The van der Waals surface area contributed by atoms with Gasteiger partial charge in [-0.15, -0.1) is 0 Å². The van der Waals surface area contributed by atoms with E-state index in [9.17, 15) is 5.11 Å². The lowest BCUT2D eigenvalue weighted by atomic mass is 10.1. The van der Waals surface area contributed by atoms with Gasteiger partial charge in [-0.25, -0.2) is 5.90 Å². The molecule has 0 heterocycles. The maximum Gasteiger partial charge on any atom is 0.119 e. The fourth-order valence-corrected chi connectivity index (χ4v) is 1.26. The molecule has 0 unspecified atom stereocenters. The molecule has 0 aliphatic rings. The third-order valence-electron chi connectivity index (χ3n) is 1.85. The van der Waals surface area contributed by atoms with Crippen molar-refractivity contribution >= 4 is 11.6 Å². The summed E-state index contributed by atoms with van der Waals surface area (Å²) >= 11 is 5.88. The molecule has 0 fully saturated rings. The van der Waals surface area contributed by atoms with Gasteiger partial charge in [0.1, 0.15) is 5.75 Å². The van der Waals surface area contributed by atoms with Crippen molar-refractivity contribution in [2.75, 3.05) is 6.61 Å². The summed E-state index contributed by atoms with van der Waals surface area (Å²) in [5.41, 5.74) is 1.61. The summed E-state index contributed by atoms with van der Waals surface area (Å²) in [7, 11) is 0. The Morgan fingerprint density at radius 1 is 1.54 bits per heavy atom. The van der Waals surface area contributed by atoms with Crippen LogP contribution >= 0.6 is 11.6 Å². The van der Waals surface area contributed by atoms with Crippen LogP contribution in [0.5, 0.6) is 5.75 Å². The van der Waals surface area contributed by atoms with Gasteiger partial charge in [-0.2, -0.15) is 0 Å². The van der Waals surface area contributed by atoms with Crippen LogP contribution in [0.3, 0.4) is 0 Å². The highest BCUT2D eigenvalue weighted by molar-refractivity contribution is 6.31. The molecule has 1 rings (SSSR count). The van der Waals surface area contributed by atoms with Gasteiger partial charge in [-0.05, 0) is 30.2 Å². The lowest BCUT2D eigenvalue weighted by Crippen LogP contribution is -2.03. The predicted octanol–water partition coefficient (Wildman–Crippen LogP) is 1.79. The van der Waals surface area contributed by atoms with Gasteiger partial charge in [0.15, 0.2) is 0 Å². The minimum absolute atomic E-state index is 0.235. The first kappa shape index (κ1) is 10.3. The van der Waals surface area contributed by atoms with Crippen LogP contribution in [0.15, 0.2) is 12.1 Å². The van der Waals surface area contributed by atoms with Gasteiger partial charge < -0.3 is 9.94 Å². The summed E-state index contributed by atoms with van der Waals surface area (Å²) in [5.74, 6) is 5.11. The summed E-state index contributed by atoms with van der Waals surface area (Å²) in [6.07, 6.45) is 0.558. The van der Waals surface area contributed by atoms with Crippen molar-refractivity contribution in [2.45, 2.75) is 13.3 Å². The molecule has 0 aromatic heterocycles. The molecule has 0 saturated carbocycles. The van der Waals surface area contributed by atoms with E-state index in [2.05, 4.69) is 4.84 Å². The number of aromatic hydroxyl groups is 1. The fraction of sp³-hybridized carbons (Fsp3) is 0.333. The van der Waals surface area contributed by atoms with Crippen LogP contribution in [0.25, 0.3) is 0 Å². The van der Waals surface area contributed by atoms with Gasteiger partial charge >= 0.3 is 0 Å². The molecule has 0 radical (unpaired) electrons. The zero-order valence-electron chi connectivity index (χ0n) is 7.38. The van der Waals surface area contributed by atoms with Crippen molar-refractivity contribution in [1.82, 2.24) is 0 Å². The minimum Gasteiger partial charge on any atom is -0.508 e. The van der Waals surface area contributed by atoms with Crippen LogP contribution in [0.2, 0.25) is 5.02 Å². The molecular formula is C9H12ClNO2. The van der Waals surface area contributed by atoms with Gasteiger partial charge in [-0.1, -0.05) is 11.6 Å². The lowest BCUT2D eigenvalue weighted by Gasteiger charge is -2.06. The Kier molecular flexibility index (Phi) is 3.54. The minimum atomic E-state index is 0.235. The SMILES string of the molecule is Cc1cc(O)c(CCON)cc1Cl. The summed E-state index contributed by atoms with van der Waals surface area (Å²) in [6, 6.07) is 3.36. The van der Waals surface area contributed by atoms with Crippen LogP contribution in [0.1, 0.15) is 11.1 Å².